The SMILES string of the molecule is CCOC(=O)C1CCN(C(=O)/C(C#N)=C\N(CC)C2CCS(=O)(=O)C2)CC1. The van der Waals surface area contributed by atoms with Crippen LogP contribution in [-0.2, 0) is 24.2 Å². The molecule has 0 aliphatic carbocycles. The van der Waals surface area contributed by atoms with E-state index in [1.54, 1.807) is 16.7 Å². The van der Waals surface area contributed by atoms with Gasteiger partial charge < -0.3 is 14.5 Å². The fourth-order valence-electron chi connectivity index (χ4n) is 3.54. The third-order valence-electron chi connectivity index (χ3n) is 5.09. The molecule has 0 aromatic carbocycles. The number of ether oxygens (including phenoxy) is 1. The monoisotopic (exact) mass is 397 g/mol. The van der Waals surface area contributed by atoms with Gasteiger partial charge in [-0.1, -0.05) is 0 Å². The normalized spacial score (nSPS) is 22.9. The van der Waals surface area contributed by atoms with Crippen LogP contribution in [0, 0.1) is 17.2 Å². The Morgan fingerprint density at radius 1 is 1.26 bits per heavy atom. The summed E-state index contributed by atoms with van der Waals surface area (Å²) < 4.78 is 28.4. The number of hydrogen-bond donors (Lipinski definition) is 0. The Bertz CT molecular complexity index is 733. The second kappa shape index (κ2) is 9.22. The third kappa shape index (κ3) is 5.45. The molecule has 1 unspecified atom stereocenters. The summed E-state index contributed by atoms with van der Waals surface area (Å²) in [6, 6.07) is 1.75. The Balaban J connectivity index is 2.02. The van der Waals surface area contributed by atoms with Gasteiger partial charge in [0.1, 0.15) is 11.6 Å². The van der Waals surface area contributed by atoms with Crippen molar-refractivity contribution in [3.63, 3.8) is 0 Å². The smallest absolute Gasteiger partial charge is 0.309 e. The van der Waals surface area contributed by atoms with E-state index < -0.39 is 9.84 Å². The highest BCUT2D eigenvalue weighted by atomic mass is 32.2. The van der Waals surface area contributed by atoms with Crippen LogP contribution in [0.1, 0.15) is 33.1 Å². The summed E-state index contributed by atoms with van der Waals surface area (Å²) in [5, 5.41) is 9.44. The van der Waals surface area contributed by atoms with Crippen LogP contribution in [0.5, 0.6) is 0 Å². The zero-order valence-electron chi connectivity index (χ0n) is 15.9. The Morgan fingerprint density at radius 2 is 1.93 bits per heavy atom. The molecule has 0 N–H and O–H groups in total. The van der Waals surface area contributed by atoms with Crippen molar-refractivity contribution in [3.05, 3.63) is 11.8 Å². The van der Waals surface area contributed by atoms with Gasteiger partial charge in [-0.2, -0.15) is 5.26 Å². The highest BCUT2D eigenvalue weighted by molar-refractivity contribution is 7.91. The van der Waals surface area contributed by atoms with Gasteiger partial charge in [-0.05, 0) is 33.1 Å². The Morgan fingerprint density at radius 3 is 2.41 bits per heavy atom. The van der Waals surface area contributed by atoms with Crippen molar-refractivity contribution >= 4 is 21.7 Å². The van der Waals surface area contributed by atoms with Crippen molar-refractivity contribution in [3.8, 4) is 6.07 Å². The number of rotatable bonds is 6. The molecule has 27 heavy (non-hydrogen) atoms. The van der Waals surface area contributed by atoms with Gasteiger partial charge in [0.05, 0.1) is 24.0 Å². The molecule has 2 aliphatic heterocycles. The van der Waals surface area contributed by atoms with E-state index in [-0.39, 0.29) is 40.9 Å². The number of amides is 1. The number of sulfone groups is 1. The molecule has 2 fully saturated rings. The van der Waals surface area contributed by atoms with E-state index in [1.807, 2.05) is 13.0 Å². The molecule has 0 aromatic heterocycles. The number of likely N-dealkylation sites (tertiary alicyclic amines) is 1. The van der Waals surface area contributed by atoms with Crippen LogP contribution in [0.15, 0.2) is 11.8 Å². The van der Waals surface area contributed by atoms with Crippen molar-refractivity contribution in [2.45, 2.75) is 39.2 Å². The van der Waals surface area contributed by atoms with Gasteiger partial charge in [-0.25, -0.2) is 8.42 Å². The van der Waals surface area contributed by atoms with Gasteiger partial charge in [0, 0.05) is 31.9 Å². The Kier molecular flexibility index (Phi) is 7.25. The lowest BCUT2D eigenvalue weighted by atomic mass is 9.96. The lowest BCUT2D eigenvalue weighted by molar-refractivity contribution is -0.150. The fraction of sp³-hybridized carbons (Fsp3) is 0.722. The molecule has 8 nitrogen and oxygen atoms in total. The zero-order chi connectivity index (χ0) is 20.0. The average Bonchev–Trinajstić information content (AvgIpc) is 3.02. The summed E-state index contributed by atoms with van der Waals surface area (Å²) in [5.41, 5.74) is -0.00395. The lowest BCUT2D eigenvalue weighted by Gasteiger charge is -2.31. The number of esters is 1. The molecular weight excluding hydrogens is 370 g/mol. The van der Waals surface area contributed by atoms with Gasteiger partial charge in [-0.3, -0.25) is 9.59 Å². The number of nitrogens with zero attached hydrogens (tertiary/aromatic N) is 3. The van der Waals surface area contributed by atoms with E-state index in [0.717, 1.165) is 0 Å². The van der Waals surface area contributed by atoms with Crippen LogP contribution in [0.4, 0.5) is 0 Å². The molecule has 0 saturated carbocycles. The van der Waals surface area contributed by atoms with Gasteiger partial charge in [-0.15, -0.1) is 0 Å². The number of piperidine rings is 1. The lowest BCUT2D eigenvalue weighted by Crippen LogP contribution is -2.41. The van der Waals surface area contributed by atoms with Crippen LogP contribution in [0.25, 0.3) is 0 Å². The van der Waals surface area contributed by atoms with Crippen molar-refractivity contribution in [2.75, 3.05) is 37.7 Å². The number of carbonyl (C=O) groups is 2. The minimum atomic E-state index is -3.05. The molecular formula is C18H27N3O5S. The summed E-state index contributed by atoms with van der Waals surface area (Å²) >= 11 is 0. The summed E-state index contributed by atoms with van der Waals surface area (Å²) in [4.78, 5) is 27.8. The first-order chi connectivity index (χ1) is 12.8. The first-order valence-electron chi connectivity index (χ1n) is 9.35. The second-order valence-corrected chi connectivity index (χ2v) is 9.09. The van der Waals surface area contributed by atoms with E-state index in [1.165, 1.54) is 6.20 Å². The van der Waals surface area contributed by atoms with E-state index in [0.29, 0.717) is 45.5 Å². The Hall–Kier alpha value is -2.08. The van der Waals surface area contributed by atoms with E-state index in [4.69, 9.17) is 4.74 Å². The summed E-state index contributed by atoms with van der Waals surface area (Å²) in [6.07, 6.45) is 3.03. The van der Waals surface area contributed by atoms with Gasteiger partial charge >= 0.3 is 5.97 Å². The second-order valence-electron chi connectivity index (χ2n) is 6.86. The predicted molar refractivity (Wildman–Crippen MR) is 99.1 cm³/mol. The molecule has 1 amide bonds. The van der Waals surface area contributed by atoms with E-state index in [2.05, 4.69) is 0 Å². The zero-order valence-corrected chi connectivity index (χ0v) is 16.7. The topological polar surface area (TPSA) is 108 Å². The van der Waals surface area contributed by atoms with Crippen molar-refractivity contribution in [1.82, 2.24) is 9.80 Å². The largest absolute Gasteiger partial charge is 0.466 e. The summed E-state index contributed by atoms with van der Waals surface area (Å²) in [5.74, 6) is -0.632. The van der Waals surface area contributed by atoms with Crippen LogP contribution in [0.3, 0.4) is 0 Å². The number of carbonyl (C=O) groups excluding carboxylic acids is 2. The van der Waals surface area contributed by atoms with Crippen LogP contribution in [-0.4, -0.2) is 73.9 Å². The quantitative estimate of drug-likeness (QED) is 0.369. The maximum absolute atomic E-state index is 12.7. The molecule has 0 spiro atoms. The first kappa shape index (κ1) is 21.2. The van der Waals surface area contributed by atoms with Gasteiger partial charge in [0.25, 0.3) is 5.91 Å². The average molecular weight is 397 g/mol. The highest BCUT2D eigenvalue weighted by Crippen LogP contribution is 2.22. The van der Waals surface area contributed by atoms with Crippen LogP contribution >= 0.6 is 0 Å². The fourth-order valence-corrected chi connectivity index (χ4v) is 5.28. The minimum Gasteiger partial charge on any atom is -0.466 e. The van der Waals surface area contributed by atoms with Crippen LogP contribution in [0.2, 0.25) is 0 Å². The van der Waals surface area contributed by atoms with Crippen molar-refractivity contribution in [1.29, 1.82) is 5.26 Å². The van der Waals surface area contributed by atoms with E-state index in [9.17, 15) is 23.3 Å². The van der Waals surface area contributed by atoms with E-state index >= 15 is 0 Å². The van der Waals surface area contributed by atoms with Crippen molar-refractivity contribution in [2.24, 2.45) is 5.92 Å². The molecule has 0 bridgehead atoms. The summed E-state index contributed by atoms with van der Waals surface area (Å²) in [7, 11) is -3.05. The molecule has 2 saturated heterocycles. The number of nitriles is 1. The van der Waals surface area contributed by atoms with Gasteiger partial charge in [0.15, 0.2) is 9.84 Å². The molecule has 2 aliphatic rings. The molecule has 1 atom stereocenters. The van der Waals surface area contributed by atoms with Crippen molar-refractivity contribution < 1.29 is 22.7 Å². The van der Waals surface area contributed by atoms with Crippen LogP contribution < -0.4 is 0 Å². The molecule has 0 aromatic rings. The standard InChI is InChI=1S/C18H27N3O5S/c1-3-20(16-7-10-27(24,25)13-16)12-15(11-19)17(22)21-8-5-14(6-9-21)18(23)26-4-2/h12,14,16H,3-10,13H2,1-2H3/b15-12-. The third-order valence-corrected chi connectivity index (χ3v) is 6.84. The minimum absolute atomic E-state index is 0.00395. The predicted octanol–water partition coefficient (Wildman–Crippen LogP) is 0.705. The molecule has 150 valence electrons. The highest BCUT2D eigenvalue weighted by Gasteiger charge is 2.32. The molecule has 2 heterocycles. The molecule has 2 rings (SSSR count). The molecule has 0 radical (unpaired) electrons. The first-order valence-corrected chi connectivity index (χ1v) is 11.2. The summed E-state index contributed by atoms with van der Waals surface area (Å²) in [6.45, 7) is 5.27. The maximum Gasteiger partial charge on any atom is 0.309 e. The maximum atomic E-state index is 12.7. The van der Waals surface area contributed by atoms with Gasteiger partial charge in [0.2, 0.25) is 0 Å². The Labute approximate surface area is 160 Å². The molecule has 9 heteroatoms. The number of hydrogen-bond acceptors (Lipinski definition) is 7.